The summed E-state index contributed by atoms with van der Waals surface area (Å²) in [6.45, 7) is 1.58. The molecule has 3 rings (SSSR count). The molecular formula is C13H14F3N. The lowest BCUT2D eigenvalue weighted by Crippen LogP contribution is -2.60. The van der Waals surface area contributed by atoms with Crippen molar-refractivity contribution >= 4 is 5.69 Å². The van der Waals surface area contributed by atoms with Crippen LogP contribution in [0.1, 0.15) is 24.8 Å². The fourth-order valence-electron chi connectivity index (χ4n) is 2.92. The van der Waals surface area contributed by atoms with E-state index in [-0.39, 0.29) is 0 Å². The maximum Gasteiger partial charge on any atom is 0.418 e. The van der Waals surface area contributed by atoms with Gasteiger partial charge in [-0.15, -0.1) is 0 Å². The van der Waals surface area contributed by atoms with Crippen LogP contribution in [-0.2, 0) is 6.18 Å². The van der Waals surface area contributed by atoms with Gasteiger partial charge >= 0.3 is 6.18 Å². The minimum atomic E-state index is -4.25. The molecule has 17 heavy (non-hydrogen) atoms. The number of alkyl halides is 3. The number of nitrogens with zero attached hydrogens (tertiary/aromatic N) is 1. The van der Waals surface area contributed by atoms with Crippen molar-refractivity contribution in [2.75, 3.05) is 18.0 Å². The molecule has 0 radical (unpaired) electrons. The van der Waals surface area contributed by atoms with Crippen molar-refractivity contribution < 1.29 is 13.2 Å². The molecule has 0 amide bonds. The van der Waals surface area contributed by atoms with Gasteiger partial charge in [-0.25, -0.2) is 0 Å². The van der Waals surface area contributed by atoms with Crippen LogP contribution in [0, 0.1) is 5.41 Å². The minimum Gasteiger partial charge on any atom is -0.370 e. The monoisotopic (exact) mass is 241 g/mol. The van der Waals surface area contributed by atoms with E-state index < -0.39 is 11.7 Å². The van der Waals surface area contributed by atoms with E-state index in [1.807, 2.05) is 4.90 Å². The van der Waals surface area contributed by atoms with E-state index in [4.69, 9.17) is 0 Å². The van der Waals surface area contributed by atoms with Crippen LogP contribution in [0.5, 0.6) is 0 Å². The molecule has 0 N–H and O–H groups in total. The second-order valence-electron chi connectivity index (χ2n) is 5.22. The quantitative estimate of drug-likeness (QED) is 0.724. The molecular weight excluding hydrogens is 227 g/mol. The molecule has 0 atom stereocenters. The van der Waals surface area contributed by atoms with Crippen molar-refractivity contribution in [1.29, 1.82) is 0 Å². The van der Waals surface area contributed by atoms with E-state index in [1.54, 1.807) is 12.1 Å². The summed E-state index contributed by atoms with van der Waals surface area (Å²) in [5, 5.41) is 0. The molecule has 1 aliphatic carbocycles. The summed E-state index contributed by atoms with van der Waals surface area (Å²) in [6, 6.07) is 5.87. The number of para-hydroxylation sites is 1. The van der Waals surface area contributed by atoms with E-state index >= 15 is 0 Å². The average Bonchev–Trinajstić information content (AvgIpc) is 2.12. The first-order valence-corrected chi connectivity index (χ1v) is 5.91. The average molecular weight is 241 g/mol. The molecule has 1 spiro atoms. The van der Waals surface area contributed by atoms with Crippen LogP contribution in [0.2, 0.25) is 0 Å². The predicted molar refractivity (Wildman–Crippen MR) is 59.9 cm³/mol. The lowest BCUT2D eigenvalue weighted by molar-refractivity contribution is -0.137. The van der Waals surface area contributed by atoms with Crippen molar-refractivity contribution in [1.82, 2.24) is 0 Å². The molecule has 2 aliphatic rings. The fraction of sp³-hybridized carbons (Fsp3) is 0.538. The largest absolute Gasteiger partial charge is 0.418 e. The third kappa shape index (κ3) is 1.70. The Kier molecular flexibility index (Phi) is 2.19. The van der Waals surface area contributed by atoms with Crippen molar-refractivity contribution in [2.45, 2.75) is 25.4 Å². The molecule has 1 nitrogen and oxygen atoms in total. The van der Waals surface area contributed by atoms with Crippen LogP contribution in [0.4, 0.5) is 18.9 Å². The highest BCUT2D eigenvalue weighted by Crippen LogP contribution is 2.51. The smallest absolute Gasteiger partial charge is 0.370 e. The van der Waals surface area contributed by atoms with E-state index in [0.29, 0.717) is 11.1 Å². The topological polar surface area (TPSA) is 3.24 Å². The molecule has 0 unspecified atom stereocenters. The van der Waals surface area contributed by atoms with E-state index in [9.17, 15) is 13.2 Å². The van der Waals surface area contributed by atoms with Gasteiger partial charge in [-0.05, 0) is 25.0 Å². The Hall–Kier alpha value is -1.19. The summed E-state index contributed by atoms with van der Waals surface area (Å²) >= 11 is 0. The number of anilines is 1. The summed E-state index contributed by atoms with van der Waals surface area (Å²) in [6.07, 6.45) is -0.664. The Morgan fingerprint density at radius 3 is 2.24 bits per heavy atom. The Morgan fingerprint density at radius 1 is 1.06 bits per heavy atom. The van der Waals surface area contributed by atoms with Gasteiger partial charge in [0, 0.05) is 24.2 Å². The molecule has 1 aromatic rings. The summed E-state index contributed by atoms with van der Waals surface area (Å²) in [5.74, 6) is 0. The van der Waals surface area contributed by atoms with Gasteiger partial charge in [0.2, 0.25) is 0 Å². The van der Waals surface area contributed by atoms with Crippen molar-refractivity contribution in [2.24, 2.45) is 5.41 Å². The zero-order valence-electron chi connectivity index (χ0n) is 9.43. The van der Waals surface area contributed by atoms with Gasteiger partial charge in [0.25, 0.3) is 0 Å². The number of benzene rings is 1. The summed E-state index contributed by atoms with van der Waals surface area (Å²) < 4.78 is 38.5. The lowest BCUT2D eigenvalue weighted by atomic mass is 9.63. The van der Waals surface area contributed by atoms with Gasteiger partial charge < -0.3 is 4.90 Å². The Bertz CT molecular complexity index is 427. The normalized spacial score (nSPS) is 22.2. The third-order valence-electron chi connectivity index (χ3n) is 4.02. The molecule has 1 saturated heterocycles. The highest BCUT2D eigenvalue weighted by atomic mass is 19.4. The molecule has 2 fully saturated rings. The van der Waals surface area contributed by atoms with Crippen LogP contribution in [0.3, 0.4) is 0 Å². The molecule has 1 heterocycles. The summed E-state index contributed by atoms with van der Waals surface area (Å²) in [5.41, 5.74) is 0.185. The molecule has 4 heteroatoms. The van der Waals surface area contributed by atoms with Crippen LogP contribution in [0.25, 0.3) is 0 Å². The number of halogens is 3. The summed E-state index contributed by atoms with van der Waals surface area (Å²) in [7, 11) is 0. The number of hydrogen-bond acceptors (Lipinski definition) is 1. The first kappa shape index (κ1) is 10.9. The van der Waals surface area contributed by atoms with E-state index in [0.717, 1.165) is 13.1 Å². The highest BCUT2D eigenvalue weighted by molar-refractivity contribution is 5.57. The molecule has 1 aliphatic heterocycles. The number of hydrogen-bond donors (Lipinski definition) is 0. The molecule has 92 valence electrons. The zero-order chi connectivity index (χ0) is 12.1. The fourth-order valence-corrected chi connectivity index (χ4v) is 2.92. The van der Waals surface area contributed by atoms with Gasteiger partial charge in [-0.3, -0.25) is 0 Å². The van der Waals surface area contributed by atoms with Crippen LogP contribution < -0.4 is 4.90 Å². The molecule has 1 saturated carbocycles. The second kappa shape index (κ2) is 3.40. The van der Waals surface area contributed by atoms with Crippen LogP contribution in [0.15, 0.2) is 24.3 Å². The van der Waals surface area contributed by atoms with E-state index in [2.05, 4.69) is 0 Å². The standard InChI is InChI=1S/C13H14F3N/c14-13(15,16)10-4-1-2-5-11(10)17-8-12(9-17)6-3-7-12/h1-2,4-5H,3,6-9H2. The lowest BCUT2D eigenvalue weighted by Gasteiger charge is -2.57. The Labute approximate surface area is 98.2 Å². The Morgan fingerprint density at radius 2 is 1.71 bits per heavy atom. The van der Waals surface area contributed by atoms with Crippen molar-refractivity contribution in [3.05, 3.63) is 29.8 Å². The number of rotatable bonds is 1. The predicted octanol–water partition coefficient (Wildman–Crippen LogP) is 3.70. The molecule has 0 bridgehead atoms. The molecule has 0 aromatic heterocycles. The highest BCUT2D eigenvalue weighted by Gasteiger charge is 2.48. The molecule has 1 aromatic carbocycles. The minimum absolute atomic E-state index is 0.345. The van der Waals surface area contributed by atoms with Crippen molar-refractivity contribution in [3.63, 3.8) is 0 Å². The second-order valence-corrected chi connectivity index (χ2v) is 5.22. The first-order valence-electron chi connectivity index (χ1n) is 5.91. The first-order chi connectivity index (χ1) is 8.00. The maximum atomic E-state index is 12.8. The van der Waals surface area contributed by atoms with Gasteiger partial charge in [0.15, 0.2) is 0 Å². The Balaban J connectivity index is 1.84. The van der Waals surface area contributed by atoms with Crippen molar-refractivity contribution in [3.8, 4) is 0 Å². The van der Waals surface area contributed by atoms with Crippen LogP contribution in [-0.4, -0.2) is 13.1 Å². The van der Waals surface area contributed by atoms with Gasteiger partial charge in [0.1, 0.15) is 0 Å². The SMILES string of the molecule is FC(F)(F)c1ccccc1N1CC2(CCC2)C1. The van der Waals surface area contributed by atoms with Gasteiger partial charge in [-0.1, -0.05) is 18.6 Å². The van der Waals surface area contributed by atoms with E-state index in [1.165, 1.54) is 31.4 Å². The van der Waals surface area contributed by atoms with Gasteiger partial charge in [0.05, 0.1) is 5.56 Å². The maximum absolute atomic E-state index is 12.8. The summed E-state index contributed by atoms with van der Waals surface area (Å²) in [4.78, 5) is 1.86. The zero-order valence-corrected chi connectivity index (χ0v) is 9.43. The van der Waals surface area contributed by atoms with Crippen LogP contribution >= 0.6 is 0 Å². The van der Waals surface area contributed by atoms with Gasteiger partial charge in [-0.2, -0.15) is 13.2 Å². The third-order valence-corrected chi connectivity index (χ3v) is 4.02.